The van der Waals surface area contributed by atoms with Crippen molar-refractivity contribution in [3.05, 3.63) is 89.2 Å². The lowest BCUT2D eigenvalue weighted by molar-refractivity contribution is 0.0707. The second-order valence-corrected chi connectivity index (χ2v) is 7.41. The van der Waals surface area contributed by atoms with E-state index in [9.17, 15) is 4.79 Å². The molecule has 1 atom stereocenters. The quantitative estimate of drug-likeness (QED) is 0.698. The summed E-state index contributed by atoms with van der Waals surface area (Å²) in [4.78, 5) is 15.1. The first kappa shape index (κ1) is 17.5. The van der Waals surface area contributed by atoms with E-state index in [2.05, 4.69) is 36.3 Å². The SMILES string of the molecule is Cc1cccc([C@@H]2CCCN(C(=O)c3cccc(Cn4cccn4)c3)C2)c1. The molecule has 1 amide bonds. The van der Waals surface area contributed by atoms with E-state index in [1.807, 2.05) is 46.1 Å². The fourth-order valence-electron chi connectivity index (χ4n) is 3.92. The van der Waals surface area contributed by atoms with Gasteiger partial charge in [-0.1, -0.05) is 42.0 Å². The Morgan fingerprint density at radius 2 is 2.04 bits per heavy atom. The third-order valence-corrected chi connectivity index (χ3v) is 5.30. The summed E-state index contributed by atoms with van der Waals surface area (Å²) in [5, 5.41) is 4.25. The van der Waals surface area contributed by atoms with Crippen molar-refractivity contribution in [2.45, 2.75) is 32.2 Å². The highest BCUT2D eigenvalue weighted by molar-refractivity contribution is 5.94. The van der Waals surface area contributed by atoms with Gasteiger partial charge in [0.15, 0.2) is 0 Å². The third kappa shape index (κ3) is 4.11. The van der Waals surface area contributed by atoms with Crippen LogP contribution in [-0.4, -0.2) is 33.7 Å². The third-order valence-electron chi connectivity index (χ3n) is 5.30. The molecule has 0 bridgehead atoms. The molecule has 1 aliphatic heterocycles. The molecule has 3 aromatic rings. The summed E-state index contributed by atoms with van der Waals surface area (Å²) < 4.78 is 1.87. The lowest BCUT2D eigenvalue weighted by Crippen LogP contribution is -2.39. The Kier molecular flexibility index (Phi) is 5.05. The number of carbonyl (C=O) groups is 1. The average Bonchev–Trinajstić information content (AvgIpc) is 3.21. The van der Waals surface area contributed by atoms with Crippen molar-refractivity contribution in [3.63, 3.8) is 0 Å². The molecule has 27 heavy (non-hydrogen) atoms. The van der Waals surface area contributed by atoms with E-state index in [1.165, 1.54) is 11.1 Å². The summed E-state index contributed by atoms with van der Waals surface area (Å²) in [6.07, 6.45) is 5.91. The highest BCUT2D eigenvalue weighted by Gasteiger charge is 2.25. The highest BCUT2D eigenvalue weighted by atomic mass is 16.2. The number of piperidine rings is 1. The fraction of sp³-hybridized carbons (Fsp3) is 0.304. The lowest BCUT2D eigenvalue weighted by Gasteiger charge is -2.33. The molecular weight excluding hydrogens is 334 g/mol. The maximum Gasteiger partial charge on any atom is 0.253 e. The van der Waals surface area contributed by atoms with Gasteiger partial charge in [-0.2, -0.15) is 5.10 Å². The summed E-state index contributed by atoms with van der Waals surface area (Å²) in [5.41, 5.74) is 4.49. The molecule has 4 heteroatoms. The van der Waals surface area contributed by atoms with Gasteiger partial charge in [0.2, 0.25) is 0 Å². The topological polar surface area (TPSA) is 38.1 Å². The van der Waals surface area contributed by atoms with E-state index in [1.54, 1.807) is 6.20 Å². The predicted molar refractivity (Wildman–Crippen MR) is 107 cm³/mol. The molecule has 2 heterocycles. The maximum atomic E-state index is 13.1. The Morgan fingerprint density at radius 3 is 2.85 bits per heavy atom. The second-order valence-electron chi connectivity index (χ2n) is 7.41. The molecule has 1 saturated heterocycles. The van der Waals surface area contributed by atoms with Crippen LogP contribution in [0.3, 0.4) is 0 Å². The van der Waals surface area contributed by atoms with E-state index in [4.69, 9.17) is 0 Å². The number of benzene rings is 2. The molecule has 0 radical (unpaired) electrons. The summed E-state index contributed by atoms with van der Waals surface area (Å²) >= 11 is 0. The smallest absolute Gasteiger partial charge is 0.253 e. The Morgan fingerprint density at radius 1 is 1.15 bits per heavy atom. The van der Waals surface area contributed by atoms with Gasteiger partial charge in [-0.15, -0.1) is 0 Å². The average molecular weight is 359 g/mol. The van der Waals surface area contributed by atoms with Gasteiger partial charge in [0.1, 0.15) is 0 Å². The molecule has 138 valence electrons. The first-order valence-corrected chi connectivity index (χ1v) is 9.61. The van der Waals surface area contributed by atoms with Gasteiger partial charge in [-0.3, -0.25) is 9.48 Å². The molecular formula is C23H25N3O. The van der Waals surface area contributed by atoms with Crippen LogP contribution in [0, 0.1) is 6.92 Å². The second kappa shape index (κ2) is 7.78. The summed E-state index contributed by atoms with van der Waals surface area (Å²) in [6.45, 7) is 4.44. The molecule has 0 unspecified atom stereocenters. The Labute approximate surface area is 160 Å². The Bertz CT molecular complexity index is 917. The minimum atomic E-state index is 0.134. The summed E-state index contributed by atoms with van der Waals surface area (Å²) in [5.74, 6) is 0.560. The number of likely N-dealkylation sites (tertiary alicyclic amines) is 1. The van der Waals surface area contributed by atoms with Crippen LogP contribution in [0.25, 0.3) is 0 Å². The number of hydrogen-bond acceptors (Lipinski definition) is 2. The number of nitrogens with zero attached hydrogens (tertiary/aromatic N) is 3. The Balaban J connectivity index is 1.49. The van der Waals surface area contributed by atoms with E-state index in [0.29, 0.717) is 12.5 Å². The lowest BCUT2D eigenvalue weighted by atomic mass is 9.89. The van der Waals surface area contributed by atoms with Crippen molar-refractivity contribution in [1.82, 2.24) is 14.7 Å². The van der Waals surface area contributed by atoms with Crippen molar-refractivity contribution in [3.8, 4) is 0 Å². The highest BCUT2D eigenvalue weighted by Crippen LogP contribution is 2.28. The van der Waals surface area contributed by atoms with Crippen LogP contribution in [0.4, 0.5) is 0 Å². The Hall–Kier alpha value is -2.88. The number of amides is 1. The van der Waals surface area contributed by atoms with E-state index in [-0.39, 0.29) is 5.91 Å². The molecule has 1 aliphatic rings. The van der Waals surface area contributed by atoms with Crippen molar-refractivity contribution in [2.24, 2.45) is 0 Å². The molecule has 0 saturated carbocycles. The normalized spacial score (nSPS) is 17.1. The molecule has 0 N–H and O–H groups in total. The molecule has 0 aliphatic carbocycles. The molecule has 4 nitrogen and oxygen atoms in total. The first-order chi connectivity index (χ1) is 13.2. The van der Waals surface area contributed by atoms with Gasteiger partial charge in [0.05, 0.1) is 6.54 Å². The molecule has 1 fully saturated rings. The van der Waals surface area contributed by atoms with Gasteiger partial charge in [0.25, 0.3) is 5.91 Å². The van der Waals surface area contributed by atoms with Gasteiger partial charge >= 0.3 is 0 Å². The standard InChI is InChI=1S/C23H25N3O/c1-18-6-2-8-20(14-18)22-10-4-12-25(17-22)23(27)21-9-3-7-19(15-21)16-26-13-5-11-24-26/h2-3,5-9,11,13-15,22H,4,10,12,16-17H2,1H3/t22-/m1/s1. The number of aryl methyl sites for hydroxylation is 1. The van der Waals surface area contributed by atoms with Crippen LogP contribution in [-0.2, 0) is 6.54 Å². The molecule has 4 rings (SSSR count). The van der Waals surface area contributed by atoms with Gasteiger partial charge in [-0.25, -0.2) is 0 Å². The zero-order valence-electron chi connectivity index (χ0n) is 15.7. The van der Waals surface area contributed by atoms with E-state index in [0.717, 1.165) is 37.1 Å². The van der Waals surface area contributed by atoms with Gasteiger partial charge in [0, 0.05) is 37.0 Å². The zero-order valence-corrected chi connectivity index (χ0v) is 15.7. The minimum Gasteiger partial charge on any atom is -0.338 e. The number of carbonyl (C=O) groups excluding carboxylic acids is 1. The van der Waals surface area contributed by atoms with Crippen LogP contribution < -0.4 is 0 Å². The van der Waals surface area contributed by atoms with Crippen molar-refractivity contribution >= 4 is 5.91 Å². The summed E-state index contributed by atoms with van der Waals surface area (Å²) in [7, 11) is 0. The van der Waals surface area contributed by atoms with Crippen LogP contribution >= 0.6 is 0 Å². The van der Waals surface area contributed by atoms with Crippen LogP contribution in [0.1, 0.15) is 45.8 Å². The fourth-order valence-corrected chi connectivity index (χ4v) is 3.92. The zero-order chi connectivity index (χ0) is 18.6. The van der Waals surface area contributed by atoms with Crippen LogP contribution in [0.2, 0.25) is 0 Å². The van der Waals surface area contributed by atoms with Crippen molar-refractivity contribution < 1.29 is 4.79 Å². The van der Waals surface area contributed by atoms with Crippen LogP contribution in [0.5, 0.6) is 0 Å². The van der Waals surface area contributed by atoms with E-state index < -0.39 is 0 Å². The van der Waals surface area contributed by atoms with Crippen molar-refractivity contribution in [2.75, 3.05) is 13.1 Å². The molecule has 0 spiro atoms. The molecule has 2 aromatic carbocycles. The van der Waals surface area contributed by atoms with Gasteiger partial charge in [-0.05, 0) is 49.1 Å². The largest absolute Gasteiger partial charge is 0.338 e. The van der Waals surface area contributed by atoms with E-state index >= 15 is 0 Å². The maximum absolute atomic E-state index is 13.1. The minimum absolute atomic E-state index is 0.134. The monoisotopic (exact) mass is 359 g/mol. The van der Waals surface area contributed by atoms with Crippen LogP contribution in [0.15, 0.2) is 67.0 Å². The number of aromatic nitrogens is 2. The molecule has 1 aromatic heterocycles. The summed E-state index contributed by atoms with van der Waals surface area (Å²) in [6, 6.07) is 18.5. The number of rotatable bonds is 4. The first-order valence-electron chi connectivity index (χ1n) is 9.61. The van der Waals surface area contributed by atoms with Crippen molar-refractivity contribution in [1.29, 1.82) is 0 Å². The number of hydrogen-bond donors (Lipinski definition) is 0. The van der Waals surface area contributed by atoms with Gasteiger partial charge < -0.3 is 4.90 Å². The predicted octanol–water partition coefficient (Wildman–Crippen LogP) is 4.26.